The first-order valence-electron chi connectivity index (χ1n) is 8.71. The van der Waals surface area contributed by atoms with Gasteiger partial charge in [0.25, 0.3) is 5.56 Å². The number of hydrogen-bond acceptors (Lipinski definition) is 4. The second-order valence-corrected chi connectivity index (χ2v) is 6.50. The Hall–Kier alpha value is -3.82. The van der Waals surface area contributed by atoms with Crippen LogP contribution in [0.5, 0.6) is 5.75 Å². The monoisotopic (exact) mass is 418 g/mol. The molecule has 2 heterocycles. The number of H-pyrrole nitrogens is 1. The highest BCUT2D eigenvalue weighted by molar-refractivity contribution is 5.82. The van der Waals surface area contributed by atoms with Crippen molar-refractivity contribution in [2.24, 2.45) is 0 Å². The standard InChI is InChI=1S/C20H14F4N4O2/c21-11-4-3-10(12(22)6-11)9-30-19-17(24)13(23)7-15-18(19)27-16(26-15)8-28-5-1-2-14(25)20(28)29/h1-7H,8-9,25H2,(H,26,27). The molecule has 2 aromatic carbocycles. The van der Waals surface area contributed by atoms with E-state index in [-0.39, 0.29) is 34.7 Å². The van der Waals surface area contributed by atoms with Gasteiger partial charge in [-0.2, -0.15) is 4.39 Å². The molecule has 4 aromatic rings. The number of pyridine rings is 1. The maximum atomic E-state index is 14.4. The molecule has 0 amide bonds. The van der Waals surface area contributed by atoms with Crippen LogP contribution in [0.3, 0.4) is 0 Å². The predicted octanol–water partition coefficient (Wildman–Crippen LogP) is 3.49. The second-order valence-electron chi connectivity index (χ2n) is 6.50. The number of fused-ring (bicyclic) bond motifs is 1. The molecule has 0 aliphatic heterocycles. The van der Waals surface area contributed by atoms with E-state index in [1.54, 1.807) is 6.07 Å². The van der Waals surface area contributed by atoms with Gasteiger partial charge < -0.3 is 20.0 Å². The summed E-state index contributed by atoms with van der Waals surface area (Å²) in [6, 6.07) is 6.74. The summed E-state index contributed by atoms with van der Waals surface area (Å²) in [5.74, 6) is -4.47. The van der Waals surface area contributed by atoms with Crippen molar-refractivity contribution in [1.82, 2.24) is 14.5 Å². The Morgan fingerprint density at radius 1 is 1.10 bits per heavy atom. The molecule has 0 saturated heterocycles. The van der Waals surface area contributed by atoms with Crippen LogP contribution in [0.25, 0.3) is 11.0 Å². The molecule has 154 valence electrons. The van der Waals surface area contributed by atoms with Gasteiger partial charge in [0.05, 0.1) is 17.7 Å². The maximum absolute atomic E-state index is 14.4. The lowest BCUT2D eigenvalue weighted by molar-refractivity contribution is 0.283. The number of nitrogen functional groups attached to an aromatic ring is 1. The van der Waals surface area contributed by atoms with Crippen LogP contribution in [-0.2, 0) is 13.2 Å². The van der Waals surface area contributed by atoms with Crippen molar-refractivity contribution < 1.29 is 22.3 Å². The van der Waals surface area contributed by atoms with Crippen LogP contribution in [0.4, 0.5) is 23.2 Å². The normalized spacial score (nSPS) is 11.2. The molecular formula is C20H14F4N4O2. The van der Waals surface area contributed by atoms with Gasteiger partial charge in [-0.25, -0.2) is 18.2 Å². The van der Waals surface area contributed by atoms with Gasteiger partial charge in [0.15, 0.2) is 11.6 Å². The summed E-state index contributed by atoms with van der Waals surface area (Å²) in [6.45, 7) is -0.508. The van der Waals surface area contributed by atoms with Crippen molar-refractivity contribution in [3.8, 4) is 5.75 Å². The number of nitrogens with one attached hydrogen (secondary N) is 1. The predicted molar refractivity (Wildman–Crippen MR) is 101 cm³/mol. The molecule has 2 aromatic heterocycles. The number of halogens is 4. The molecule has 0 aliphatic carbocycles. The highest BCUT2D eigenvalue weighted by atomic mass is 19.2. The highest BCUT2D eigenvalue weighted by Gasteiger charge is 2.20. The third-order valence-corrected chi connectivity index (χ3v) is 4.43. The molecule has 10 heteroatoms. The lowest BCUT2D eigenvalue weighted by Gasteiger charge is -2.09. The van der Waals surface area contributed by atoms with Gasteiger partial charge in [0.1, 0.15) is 29.6 Å². The molecule has 30 heavy (non-hydrogen) atoms. The summed E-state index contributed by atoms with van der Waals surface area (Å²) in [6.07, 6.45) is 1.49. The number of aromatic amines is 1. The van der Waals surface area contributed by atoms with Gasteiger partial charge >= 0.3 is 0 Å². The summed E-state index contributed by atoms with van der Waals surface area (Å²) >= 11 is 0. The zero-order valence-corrected chi connectivity index (χ0v) is 15.3. The van der Waals surface area contributed by atoms with Gasteiger partial charge in [-0.1, -0.05) is 0 Å². The minimum absolute atomic E-state index is 0.0339. The van der Waals surface area contributed by atoms with Gasteiger partial charge in [0, 0.05) is 23.9 Å². The second kappa shape index (κ2) is 7.54. The molecule has 6 nitrogen and oxygen atoms in total. The lowest BCUT2D eigenvalue weighted by Crippen LogP contribution is -2.22. The molecule has 0 radical (unpaired) electrons. The van der Waals surface area contributed by atoms with Gasteiger partial charge in [-0.3, -0.25) is 4.79 Å². The van der Waals surface area contributed by atoms with Crippen LogP contribution in [-0.4, -0.2) is 14.5 Å². The summed E-state index contributed by atoms with van der Waals surface area (Å²) in [5, 5.41) is 0. The molecular weight excluding hydrogens is 404 g/mol. The first-order valence-corrected chi connectivity index (χ1v) is 8.71. The van der Waals surface area contributed by atoms with Crippen LogP contribution in [0.1, 0.15) is 11.4 Å². The number of ether oxygens (including phenoxy) is 1. The van der Waals surface area contributed by atoms with Crippen molar-refractivity contribution in [2.75, 3.05) is 5.73 Å². The summed E-state index contributed by atoms with van der Waals surface area (Å²) in [4.78, 5) is 19.1. The van der Waals surface area contributed by atoms with E-state index >= 15 is 0 Å². The maximum Gasteiger partial charge on any atom is 0.274 e. The van der Waals surface area contributed by atoms with Gasteiger partial charge in [-0.05, 0) is 24.3 Å². The molecule has 4 rings (SSSR count). The van der Waals surface area contributed by atoms with Gasteiger partial charge in [-0.15, -0.1) is 0 Å². The lowest BCUT2D eigenvalue weighted by atomic mass is 10.2. The molecule has 0 bridgehead atoms. The van der Waals surface area contributed by atoms with E-state index in [2.05, 4.69) is 9.97 Å². The minimum Gasteiger partial charge on any atom is -0.483 e. The molecule has 3 N–H and O–H groups in total. The largest absolute Gasteiger partial charge is 0.483 e. The fourth-order valence-corrected chi connectivity index (χ4v) is 2.95. The van der Waals surface area contributed by atoms with Crippen molar-refractivity contribution >= 4 is 16.7 Å². The topological polar surface area (TPSA) is 85.9 Å². The Labute approximate surface area is 166 Å². The third kappa shape index (κ3) is 3.59. The SMILES string of the molecule is Nc1cccn(Cc2nc3c(OCc4ccc(F)cc4F)c(F)c(F)cc3[nH]2)c1=O. The van der Waals surface area contributed by atoms with E-state index in [1.807, 2.05) is 0 Å². The zero-order chi connectivity index (χ0) is 21.4. The van der Waals surface area contributed by atoms with E-state index in [1.165, 1.54) is 16.8 Å². The van der Waals surface area contributed by atoms with Gasteiger partial charge in [0.2, 0.25) is 5.82 Å². The number of nitrogens with two attached hydrogens (primary N) is 1. The first-order chi connectivity index (χ1) is 14.3. The van der Waals surface area contributed by atoms with Crippen LogP contribution < -0.4 is 16.0 Å². The number of nitrogens with zero attached hydrogens (tertiary/aromatic N) is 2. The number of rotatable bonds is 5. The third-order valence-electron chi connectivity index (χ3n) is 4.43. The molecule has 0 saturated carbocycles. The number of anilines is 1. The van der Waals surface area contributed by atoms with Crippen molar-refractivity contribution in [1.29, 1.82) is 0 Å². The highest BCUT2D eigenvalue weighted by Crippen LogP contribution is 2.30. The zero-order valence-electron chi connectivity index (χ0n) is 15.3. The molecule has 0 fully saturated rings. The average Bonchev–Trinajstić information content (AvgIpc) is 3.09. The van der Waals surface area contributed by atoms with Crippen molar-refractivity contribution in [3.05, 3.63) is 87.6 Å². The summed E-state index contributed by atoms with van der Waals surface area (Å²) in [7, 11) is 0. The fraction of sp³-hybridized carbons (Fsp3) is 0.100. The first kappa shape index (κ1) is 19.5. The van der Waals surface area contributed by atoms with E-state index in [9.17, 15) is 22.4 Å². The number of benzene rings is 2. The van der Waals surface area contributed by atoms with Crippen molar-refractivity contribution in [2.45, 2.75) is 13.2 Å². The van der Waals surface area contributed by atoms with Crippen LogP contribution in [0.2, 0.25) is 0 Å². The number of hydrogen-bond donors (Lipinski definition) is 2. The molecule has 0 spiro atoms. The average molecular weight is 418 g/mol. The van der Waals surface area contributed by atoms with Crippen LogP contribution in [0.15, 0.2) is 47.4 Å². The van der Waals surface area contributed by atoms with E-state index in [4.69, 9.17) is 10.5 Å². The Bertz CT molecular complexity index is 1320. The van der Waals surface area contributed by atoms with E-state index in [0.717, 1.165) is 18.2 Å². The van der Waals surface area contributed by atoms with Crippen LogP contribution >= 0.6 is 0 Å². The molecule has 0 aliphatic rings. The van der Waals surface area contributed by atoms with E-state index < -0.39 is 41.2 Å². The Morgan fingerprint density at radius 3 is 2.67 bits per heavy atom. The number of aromatic nitrogens is 3. The summed E-state index contributed by atoms with van der Waals surface area (Å²) in [5.41, 5.74) is 5.22. The Morgan fingerprint density at radius 2 is 1.90 bits per heavy atom. The quantitative estimate of drug-likeness (QED) is 0.486. The molecule has 0 unspecified atom stereocenters. The fourth-order valence-electron chi connectivity index (χ4n) is 2.95. The summed E-state index contributed by atoms with van der Waals surface area (Å²) < 4.78 is 61.8. The Balaban J connectivity index is 1.69. The minimum atomic E-state index is -1.30. The smallest absolute Gasteiger partial charge is 0.274 e. The number of imidazole rings is 1. The Kier molecular flexibility index (Phi) is 4.90. The van der Waals surface area contributed by atoms with Crippen molar-refractivity contribution in [3.63, 3.8) is 0 Å². The molecule has 0 atom stereocenters. The van der Waals surface area contributed by atoms with Crippen LogP contribution in [0, 0.1) is 23.3 Å². The van der Waals surface area contributed by atoms with E-state index in [0.29, 0.717) is 6.07 Å².